The predicted octanol–water partition coefficient (Wildman–Crippen LogP) is 4.00. The third-order valence-corrected chi connectivity index (χ3v) is 5.19. The molecule has 2 heterocycles. The summed E-state index contributed by atoms with van der Waals surface area (Å²) in [5.74, 6) is 1.06. The minimum absolute atomic E-state index is 0.136. The molecule has 2 aliphatic heterocycles. The Labute approximate surface area is 160 Å². The van der Waals surface area contributed by atoms with E-state index in [0.717, 1.165) is 18.4 Å². The van der Waals surface area contributed by atoms with Gasteiger partial charge in [-0.3, -0.25) is 14.9 Å². The SMILES string of the molecule is O=C(c1cc([N+](=O)[O-])ccc1Cl)N1CCCC1c1ccc2c(c1)OCCO2. The summed E-state index contributed by atoms with van der Waals surface area (Å²) >= 11 is 6.16. The van der Waals surface area contributed by atoms with Crippen molar-refractivity contribution in [2.75, 3.05) is 19.8 Å². The standard InChI is InChI=1S/C19H17ClN2O5/c20-15-5-4-13(22(24)25)11-14(15)19(23)21-7-1-2-16(21)12-3-6-17-18(10-12)27-9-8-26-17/h3-6,10-11,16H,1-2,7-9H2. The van der Waals surface area contributed by atoms with Crippen molar-refractivity contribution < 1.29 is 19.2 Å². The Hall–Kier alpha value is -2.80. The Morgan fingerprint density at radius 3 is 2.70 bits per heavy atom. The molecule has 140 valence electrons. The van der Waals surface area contributed by atoms with Crippen molar-refractivity contribution in [1.82, 2.24) is 4.90 Å². The maximum atomic E-state index is 13.1. The average molecular weight is 389 g/mol. The first-order chi connectivity index (χ1) is 13.0. The van der Waals surface area contributed by atoms with Gasteiger partial charge in [0.2, 0.25) is 0 Å². The van der Waals surface area contributed by atoms with Crippen molar-refractivity contribution in [3.05, 3.63) is 62.7 Å². The van der Waals surface area contributed by atoms with Gasteiger partial charge in [0.05, 0.1) is 21.6 Å². The van der Waals surface area contributed by atoms with E-state index in [1.165, 1.54) is 18.2 Å². The normalized spacial score (nSPS) is 18.4. The monoisotopic (exact) mass is 388 g/mol. The average Bonchev–Trinajstić information content (AvgIpc) is 3.17. The van der Waals surface area contributed by atoms with Crippen molar-refractivity contribution in [3.8, 4) is 11.5 Å². The van der Waals surface area contributed by atoms with Crippen LogP contribution in [0, 0.1) is 10.1 Å². The van der Waals surface area contributed by atoms with E-state index in [-0.39, 0.29) is 28.2 Å². The molecule has 1 fully saturated rings. The van der Waals surface area contributed by atoms with E-state index >= 15 is 0 Å². The molecule has 1 saturated heterocycles. The Kier molecular flexibility index (Phi) is 4.61. The van der Waals surface area contributed by atoms with Crippen molar-refractivity contribution in [2.45, 2.75) is 18.9 Å². The number of nitro benzene ring substituents is 1. The minimum atomic E-state index is -0.532. The molecule has 2 aromatic rings. The van der Waals surface area contributed by atoms with Crippen LogP contribution >= 0.6 is 11.6 Å². The van der Waals surface area contributed by atoms with Crippen LogP contribution in [0.3, 0.4) is 0 Å². The number of non-ortho nitro benzene ring substituents is 1. The molecule has 8 heteroatoms. The van der Waals surface area contributed by atoms with Crippen LogP contribution in [0.5, 0.6) is 11.5 Å². The van der Waals surface area contributed by atoms with Gasteiger partial charge in [-0.05, 0) is 36.6 Å². The van der Waals surface area contributed by atoms with Gasteiger partial charge in [-0.2, -0.15) is 0 Å². The van der Waals surface area contributed by atoms with Crippen molar-refractivity contribution >= 4 is 23.2 Å². The van der Waals surface area contributed by atoms with E-state index in [9.17, 15) is 14.9 Å². The number of carbonyl (C=O) groups excluding carboxylic acids is 1. The van der Waals surface area contributed by atoms with Gasteiger partial charge in [-0.1, -0.05) is 17.7 Å². The Bertz CT molecular complexity index is 917. The van der Waals surface area contributed by atoms with Gasteiger partial charge in [-0.15, -0.1) is 0 Å². The lowest BCUT2D eigenvalue weighted by Crippen LogP contribution is -2.31. The number of nitro groups is 1. The number of rotatable bonds is 3. The number of likely N-dealkylation sites (tertiary alicyclic amines) is 1. The second-order valence-corrected chi connectivity index (χ2v) is 6.89. The molecule has 0 bridgehead atoms. The first-order valence-corrected chi connectivity index (χ1v) is 9.07. The van der Waals surface area contributed by atoms with E-state index in [0.29, 0.717) is 31.3 Å². The minimum Gasteiger partial charge on any atom is -0.486 e. The molecule has 0 N–H and O–H groups in total. The van der Waals surface area contributed by atoms with Crippen LogP contribution in [0.15, 0.2) is 36.4 Å². The summed E-state index contributed by atoms with van der Waals surface area (Å²) in [6, 6.07) is 9.47. The largest absolute Gasteiger partial charge is 0.486 e. The zero-order valence-electron chi connectivity index (χ0n) is 14.4. The summed E-state index contributed by atoms with van der Waals surface area (Å²) in [4.78, 5) is 25.3. The second-order valence-electron chi connectivity index (χ2n) is 6.48. The molecule has 0 saturated carbocycles. The molecule has 7 nitrogen and oxygen atoms in total. The molecule has 0 radical (unpaired) electrons. The summed E-state index contributed by atoms with van der Waals surface area (Å²) in [6.45, 7) is 1.58. The lowest BCUT2D eigenvalue weighted by atomic mass is 10.0. The lowest BCUT2D eigenvalue weighted by Gasteiger charge is -2.27. The molecule has 1 atom stereocenters. The third-order valence-electron chi connectivity index (χ3n) is 4.86. The number of hydrogen-bond donors (Lipinski definition) is 0. The lowest BCUT2D eigenvalue weighted by molar-refractivity contribution is -0.384. The van der Waals surface area contributed by atoms with Gasteiger partial charge >= 0.3 is 0 Å². The molecule has 0 aromatic heterocycles. The van der Waals surface area contributed by atoms with Crippen molar-refractivity contribution in [1.29, 1.82) is 0 Å². The van der Waals surface area contributed by atoms with Crippen LogP contribution in [0.4, 0.5) is 5.69 Å². The zero-order chi connectivity index (χ0) is 19.0. The summed E-state index contributed by atoms with van der Waals surface area (Å²) in [5.41, 5.74) is 0.944. The van der Waals surface area contributed by atoms with Crippen molar-refractivity contribution in [2.24, 2.45) is 0 Å². The van der Waals surface area contributed by atoms with Gasteiger partial charge < -0.3 is 14.4 Å². The summed E-state index contributed by atoms with van der Waals surface area (Å²) in [5, 5.41) is 11.2. The maximum absolute atomic E-state index is 13.1. The number of amides is 1. The van der Waals surface area contributed by atoms with Gasteiger partial charge in [0.25, 0.3) is 11.6 Å². The highest BCUT2D eigenvalue weighted by atomic mass is 35.5. The fourth-order valence-corrected chi connectivity index (χ4v) is 3.77. The van der Waals surface area contributed by atoms with E-state index in [1.807, 2.05) is 18.2 Å². The Morgan fingerprint density at radius 2 is 1.93 bits per heavy atom. The first kappa shape index (κ1) is 17.6. The quantitative estimate of drug-likeness (QED) is 0.586. The molecule has 27 heavy (non-hydrogen) atoms. The smallest absolute Gasteiger partial charge is 0.270 e. The van der Waals surface area contributed by atoms with E-state index in [2.05, 4.69) is 0 Å². The van der Waals surface area contributed by atoms with E-state index in [1.54, 1.807) is 4.90 Å². The first-order valence-electron chi connectivity index (χ1n) is 8.69. The van der Waals surface area contributed by atoms with E-state index in [4.69, 9.17) is 21.1 Å². The molecule has 0 spiro atoms. The number of halogens is 1. The number of fused-ring (bicyclic) bond motifs is 1. The number of carbonyl (C=O) groups is 1. The highest BCUT2D eigenvalue weighted by molar-refractivity contribution is 6.34. The molecule has 2 aromatic carbocycles. The Balaban J connectivity index is 1.64. The molecular formula is C19H17ClN2O5. The fraction of sp³-hybridized carbons (Fsp3) is 0.316. The topological polar surface area (TPSA) is 81.9 Å². The summed E-state index contributed by atoms with van der Waals surface area (Å²) < 4.78 is 11.2. The fourth-order valence-electron chi connectivity index (χ4n) is 3.57. The highest BCUT2D eigenvalue weighted by Crippen LogP contribution is 2.39. The predicted molar refractivity (Wildman–Crippen MR) is 98.5 cm³/mol. The van der Waals surface area contributed by atoms with Crippen LogP contribution in [0.1, 0.15) is 34.8 Å². The van der Waals surface area contributed by atoms with Gasteiger partial charge in [0.1, 0.15) is 13.2 Å². The number of ether oxygens (including phenoxy) is 2. The van der Waals surface area contributed by atoms with Crippen LogP contribution < -0.4 is 9.47 Å². The van der Waals surface area contributed by atoms with Crippen molar-refractivity contribution in [3.63, 3.8) is 0 Å². The van der Waals surface area contributed by atoms with Crippen LogP contribution in [-0.2, 0) is 0 Å². The molecule has 2 aliphatic rings. The van der Waals surface area contributed by atoms with Gasteiger partial charge in [0.15, 0.2) is 11.5 Å². The number of hydrogen-bond acceptors (Lipinski definition) is 5. The molecule has 0 aliphatic carbocycles. The van der Waals surface area contributed by atoms with Gasteiger partial charge in [-0.25, -0.2) is 0 Å². The maximum Gasteiger partial charge on any atom is 0.270 e. The van der Waals surface area contributed by atoms with Gasteiger partial charge in [0, 0.05) is 18.7 Å². The molecule has 1 unspecified atom stereocenters. The number of benzene rings is 2. The van der Waals surface area contributed by atoms with Crippen LogP contribution in [0.25, 0.3) is 0 Å². The highest BCUT2D eigenvalue weighted by Gasteiger charge is 2.33. The van der Waals surface area contributed by atoms with Crippen LogP contribution in [-0.4, -0.2) is 35.5 Å². The summed E-state index contributed by atoms with van der Waals surface area (Å²) in [6.07, 6.45) is 1.65. The molecule has 1 amide bonds. The van der Waals surface area contributed by atoms with E-state index < -0.39 is 4.92 Å². The third kappa shape index (κ3) is 3.30. The zero-order valence-corrected chi connectivity index (χ0v) is 15.1. The molecular weight excluding hydrogens is 372 g/mol. The molecule has 4 rings (SSSR count). The number of nitrogens with zero attached hydrogens (tertiary/aromatic N) is 2. The summed E-state index contributed by atoms with van der Waals surface area (Å²) in [7, 11) is 0. The second kappa shape index (κ2) is 7.08. The van der Waals surface area contributed by atoms with Crippen LogP contribution in [0.2, 0.25) is 5.02 Å². The Morgan fingerprint density at radius 1 is 1.15 bits per heavy atom.